The molecule has 3 saturated heterocycles. The maximum atomic E-state index is 12.8. The van der Waals surface area contributed by atoms with Crippen LogP contribution in [0.3, 0.4) is 0 Å². The first-order chi connectivity index (χ1) is 12.5. The van der Waals surface area contributed by atoms with Crippen LogP contribution >= 0.6 is 0 Å². The summed E-state index contributed by atoms with van der Waals surface area (Å²) in [5.41, 5.74) is 0.747. The Morgan fingerprint density at radius 1 is 1.19 bits per heavy atom. The summed E-state index contributed by atoms with van der Waals surface area (Å²) in [4.78, 5) is 37.6. The monoisotopic (exact) mass is 361 g/mol. The Balaban J connectivity index is 1.52. The molecule has 26 heavy (non-hydrogen) atoms. The lowest BCUT2D eigenvalue weighted by Gasteiger charge is -2.28. The maximum Gasteiger partial charge on any atom is 0.328 e. The van der Waals surface area contributed by atoms with Crippen molar-refractivity contribution in [1.29, 1.82) is 0 Å². The smallest absolute Gasteiger partial charge is 0.328 e. The Morgan fingerprint density at radius 2 is 1.96 bits per heavy atom. The van der Waals surface area contributed by atoms with E-state index in [1.54, 1.807) is 24.3 Å². The normalized spacial score (nSPS) is 30.9. The van der Waals surface area contributed by atoms with Gasteiger partial charge in [-0.15, -0.1) is 0 Å². The predicted octanol–water partition coefficient (Wildman–Crippen LogP) is -0.610. The Hall–Kier alpha value is -2.49. The minimum absolute atomic E-state index is 0.174. The van der Waals surface area contributed by atoms with Crippen molar-refractivity contribution >= 4 is 23.5 Å². The van der Waals surface area contributed by atoms with Gasteiger partial charge in [0.05, 0.1) is 30.5 Å². The van der Waals surface area contributed by atoms with Gasteiger partial charge >= 0.3 is 6.03 Å². The quantitative estimate of drug-likeness (QED) is 0.661. The van der Waals surface area contributed by atoms with Crippen LogP contribution in [0.2, 0.25) is 0 Å². The minimum atomic E-state index is -0.691. The van der Waals surface area contributed by atoms with Gasteiger partial charge in [0, 0.05) is 13.0 Å². The molecule has 4 atom stereocenters. The number of nitrogens with one attached hydrogen (secondary N) is 2. The molecule has 3 N–H and O–H groups in total. The average molecular weight is 361 g/mol. The molecule has 9 heteroatoms. The number of amides is 4. The highest BCUT2D eigenvalue weighted by molar-refractivity contribution is 6.09. The molecule has 3 heterocycles. The first-order valence-corrected chi connectivity index (χ1v) is 8.47. The van der Waals surface area contributed by atoms with E-state index >= 15 is 0 Å². The van der Waals surface area contributed by atoms with Gasteiger partial charge < -0.3 is 19.9 Å². The van der Waals surface area contributed by atoms with Crippen LogP contribution in [0.1, 0.15) is 16.8 Å². The summed E-state index contributed by atoms with van der Waals surface area (Å²) in [6.07, 6.45) is -1.34. The lowest BCUT2D eigenvalue weighted by atomic mass is 10.1. The molecule has 1 aromatic rings. The highest BCUT2D eigenvalue weighted by Gasteiger charge is 2.47. The summed E-state index contributed by atoms with van der Waals surface area (Å²) in [6, 6.07) is 5.78. The molecule has 0 saturated carbocycles. The highest BCUT2D eigenvalue weighted by atomic mass is 16.6. The van der Waals surface area contributed by atoms with Crippen LogP contribution in [-0.2, 0) is 14.3 Å². The van der Waals surface area contributed by atoms with Crippen LogP contribution in [0.25, 0.3) is 0 Å². The Bertz CT molecular complexity index is 754. The van der Waals surface area contributed by atoms with Crippen molar-refractivity contribution < 1.29 is 29.0 Å². The van der Waals surface area contributed by atoms with E-state index in [0.29, 0.717) is 11.3 Å². The summed E-state index contributed by atoms with van der Waals surface area (Å²) < 4.78 is 11.0. The minimum Gasteiger partial charge on any atom is -0.388 e. The molecule has 1 aromatic carbocycles. The van der Waals surface area contributed by atoms with Crippen molar-refractivity contribution in [3.8, 4) is 0 Å². The standard InChI is InChI=1S/C17H19N3O6/c21-12-8-26-14-10(7-25-15(12)14)18-16(23)9-3-1-2-4-11(9)20-6-5-13(22)19-17(20)24/h1-4,10,12,14-15,21H,5-8H2,(H,18,23)(H,19,22,24)/t10-,12-,14-,15-/m1/s1. The van der Waals surface area contributed by atoms with Gasteiger partial charge in [0.2, 0.25) is 5.91 Å². The van der Waals surface area contributed by atoms with Gasteiger partial charge in [-0.25, -0.2) is 4.79 Å². The summed E-state index contributed by atoms with van der Waals surface area (Å²) in [7, 11) is 0. The molecule has 0 aromatic heterocycles. The number of hydrogen-bond donors (Lipinski definition) is 3. The molecular weight excluding hydrogens is 342 g/mol. The summed E-state index contributed by atoms with van der Waals surface area (Å²) in [5, 5.41) is 14.9. The zero-order chi connectivity index (χ0) is 18.3. The molecule has 3 aliphatic heterocycles. The third-order valence-electron chi connectivity index (χ3n) is 4.84. The molecule has 138 valence electrons. The maximum absolute atomic E-state index is 12.8. The van der Waals surface area contributed by atoms with Crippen LogP contribution < -0.4 is 15.5 Å². The van der Waals surface area contributed by atoms with Crippen LogP contribution in [0, 0.1) is 0 Å². The fraction of sp³-hybridized carbons (Fsp3) is 0.471. The van der Waals surface area contributed by atoms with Crippen molar-refractivity contribution in [3.63, 3.8) is 0 Å². The number of para-hydroxylation sites is 1. The van der Waals surface area contributed by atoms with Gasteiger partial charge in [0.1, 0.15) is 18.3 Å². The summed E-state index contributed by atoms with van der Waals surface area (Å²) in [5.74, 6) is -0.705. The van der Waals surface area contributed by atoms with Gasteiger partial charge in [-0.1, -0.05) is 12.1 Å². The number of anilines is 1. The molecule has 3 fully saturated rings. The lowest BCUT2D eigenvalue weighted by Crippen LogP contribution is -2.50. The SMILES string of the molecule is O=C1CCN(c2ccccc2C(=O)N[C@@H]2CO[C@H]3[C@@H]2OC[C@H]3O)C(=O)N1. The van der Waals surface area contributed by atoms with E-state index in [1.165, 1.54) is 4.90 Å². The number of benzene rings is 1. The average Bonchev–Trinajstić information content (AvgIpc) is 3.19. The zero-order valence-corrected chi connectivity index (χ0v) is 13.9. The second-order valence-corrected chi connectivity index (χ2v) is 6.52. The number of carbonyl (C=O) groups is 3. The van der Waals surface area contributed by atoms with Gasteiger partial charge in [0.25, 0.3) is 5.91 Å². The van der Waals surface area contributed by atoms with Gasteiger partial charge in [0.15, 0.2) is 0 Å². The zero-order valence-electron chi connectivity index (χ0n) is 13.9. The molecule has 0 bridgehead atoms. The lowest BCUT2D eigenvalue weighted by molar-refractivity contribution is -0.120. The second-order valence-electron chi connectivity index (χ2n) is 6.52. The van der Waals surface area contributed by atoms with E-state index < -0.39 is 24.3 Å². The number of fused-ring (bicyclic) bond motifs is 1. The number of urea groups is 1. The highest BCUT2D eigenvalue weighted by Crippen LogP contribution is 2.28. The van der Waals surface area contributed by atoms with Crippen LogP contribution in [0.15, 0.2) is 24.3 Å². The van der Waals surface area contributed by atoms with Crippen LogP contribution in [0.5, 0.6) is 0 Å². The van der Waals surface area contributed by atoms with Gasteiger partial charge in [-0.2, -0.15) is 0 Å². The van der Waals surface area contributed by atoms with Gasteiger partial charge in [-0.3, -0.25) is 19.8 Å². The Morgan fingerprint density at radius 3 is 2.77 bits per heavy atom. The number of imide groups is 1. The fourth-order valence-electron chi connectivity index (χ4n) is 3.54. The predicted molar refractivity (Wildman–Crippen MR) is 88.7 cm³/mol. The third-order valence-corrected chi connectivity index (χ3v) is 4.84. The van der Waals surface area contributed by atoms with Gasteiger partial charge in [-0.05, 0) is 12.1 Å². The van der Waals surface area contributed by atoms with Crippen molar-refractivity contribution in [2.45, 2.75) is 30.8 Å². The first kappa shape index (κ1) is 17.0. The van der Waals surface area contributed by atoms with E-state index in [2.05, 4.69) is 10.6 Å². The van der Waals surface area contributed by atoms with E-state index in [4.69, 9.17) is 9.47 Å². The molecule has 0 radical (unpaired) electrons. The van der Waals surface area contributed by atoms with Crippen LogP contribution in [-0.4, -0.2) is 67.1 Å². The molecule has 4 amide bonds. The summed E-state index contributed by atoms with van der Waals surface area (Å²) in [6.45, 7) is 0.640. The first-order valence-electron chi connectivity index (χ1n) is 8.47. The molecule has 0 unspecified atom stereocenters. The number of carbonyl (C=O) groups excluding carboxylic acids is 3. The topological polar surface area (TPSA) is 117 Å². The number of hydrogen-bond acceptors (Lipinski definition) is 6. The third kappa shape index (κ3) is 2.94. The molecule has 0 spiro atoms. The van der Waals surface area contributed by atoms with Crippen LogP contribution in [0.4, 0.5) is 10.5 Å². The molecule has 9 nitrogen and oxygen atoms in total. The van der Waals surface area contributed by atoms with Crippen molar-refractivity contribution in [2.24, 2.45) is 0 Å². The van der Waals surface area contributed by atoms with Crippen molar-refractivity contribution in [2.75, 3.05) is 24.7 Å². The molecule has 3 aliphatic rings. The molecular formula is C17H19N3O6. The number of aliphatic hydroxyl groups is 1. The number of ether oxygens (including phenoxy) is 2. The van der Waals surface area contributed by atoms with Crippen molar-refractivity contribution in [1.82, 2.24) is 10.6 Å². The molecule has 0 aliphatic carbocycles. The fourth-order valence-corrected chi connectivity index (χ4v) is 3.54. The number of rotatable bonds is 3. The van der Waals surface area contributed by atoms with E-state index in [0.717, 1.165) is 0 Å². The Labute approximate surface area is 149 Å². The Kier molecular flexibility index (Phi) is 4.35. The van der Waals surface area contributed by atoms with E-state index in [1.807, 2.05) is 0 Å². The number of nitrogens with zero attached hydrogens (tertiary/aromatic N) is 1. The largest absolute Gasteiger partial charge is 0.388 e. The van der Waals surface area contributed by atoms with E-state index in [-0.39, 0.29) is 44.0 Å². The van der Waals surface area contributed by atoms with Crippen molar-refractivity contribution in [3.05, 3.63) is 29.8 Å². The van der Waals surface area contributed by atoms with E-state index in [9.17, 15) is 19.5 Å². The summed E-state index contributed by atoms with van der Waals surface area (Å²) >= 11 is 0. The second kappa shape index (κ2) is 6.67. The molecule has 4 rings (SSSR count). The number of aliphatic hydroxyl groups excluding tert-OH is 1.